The predicted molar refractivity (Wildman–Crippen MR) is 385 cm³/mol. The van der Waals surface area contributed by atoms with Gasteiger partial charge in [0.2, 0.25) is 23.6 Å². The summed E-state index contributed by atoms with van der Waals surface area (Å²) in [6.45, 7) is 8.81. The van der Waals surface area contributed by atoms with Gasteiger partial charge in [0.25, 0.3) is 0 Å². The Morgan fingerprint density at radius 1 is 0.370 bits per heavy atom. The van der Waals surface area contributed by atoms with Crippen LogP contribution in [0.1, 0.15) is 177 Å². The van der Waals surface area contributed by atoms with Crippen LogP contribution < -0.4 is 0 Å². The number of nitrogens with zero attached hydrogens (tertiary/aromatic N) is 4. The lowest BCUT2D eigenvalue weighted by molar-refractivity contribution is -0.134. The number of imide groups is 4. The first-order valence-corrected chi connectivity index (χ1v) is 35.7. The number of hydrogen-bond acceptors (Lipinski definition) is 14. The standard InChI is InChI=1S/2C19H23NO3.2C18H21NO3.2C4H8O/c2*1-3-4-5-7-10-15(2)18(21)20-17(14-23-19(20)22)13-16-11-8-6-9-12-16;2*1-2-3-4-5-9-12-17(20)19-16(14-22-18(19)21)13-15-10-7-6-8-11-15;2*1-2-4-5-3-1/h2*1,6,8-9,11-12,15,17H,4-5,7,10,13-14H2,2H3;2*1,6-8,10-11,16H,3-5,9,12-14H2;2*1-4H2/t2*15-,17-;2*16-;;/m1010../s1. The van der Waals surface area contributed by atoms with Gasteiger partial charge in [-0.15, -0.1) is 49.4 Å². The monoisotopic (exact) mass is 1370 g/mol. The van der Waals surface area contributed by atoms with E-state index in [1.807, 2.05) is 135 Å². The van der Waals surface area contributed by atoms with Crippen molar-refractivity contribution in [2.24, 2.45) is 11.8 Å². The van der Waals surface area contributed by atoms with E-state index in [-0.39, 0.29) is 86.1 Å². The SMILES string of the molecule is C#CCCCCCC(=O)N1C(=O)OC[C@@H]1Cc1ccccc1.C#CCCCCCC(=O)N1C(=O)OC[C@H]1Cc1ccccc1.C#CCCCC[C@@H](C)C(=O)N1C(=O)OC[C@H]1Cc1ccccc1.C#CCCCC[C@H](C)C(=O)N1C(=O)OC[C@@H]1Cc1ccccc1.C1CCOC1.C1CCOC1. The fourth-order valence-electron chi connectivity index (χ4n) is 11.8. The van der Waals surface area contributed by atoms with Gasteiger partial charge >= 0.3 is 24.4 Å². The minimum absolute atomic E-state index is 0.144. The molecule has 0 aliphatic carbocycles. The van der Waals surface area contributed by atoms with E-state index in [2.05, 4.69) is 23.7 Å². The van der Waals surface area contributed by atoms with Crippen molar-refractivity contribution in [3.8, 4) is 49.4 Å². The first kappa shape index (κ1) is 81.5. The molecule has 18 heteroatoms. The maximum atomic E-state index is 12.6. The summed E-state index contributed by atoms with van der Waals surface area (Å²) < 4.78 is 30.2. The van der Waals surface area contributed by atoms with Gasteiger partial charge in [-0.25, -0.2) is 38.8 Å². The quantitative estimate of drug-likeness (QED) is 0.0295. The van der Waals surface area contributed by atoms with E-state index in [9.17, 15) is 38.4 Å². The van der Waals surface area contributed by atoms with Crippen molar-refractivity contribution in [3.63, 3.8) is 0 Å². The van der Waals surface area contributed by atoms with Crippen LogP contribution >= 0.6 is 0 Å². The largest absolute Gasteiger partial charge is 0.447 e. The highest BCUT2D eigenvalue weighted by Crippen LogP contribution is 2.26. The molecule has 0 radical (unpaired) electrons. The Morgan fingerprint density at radius 2 is 0.620 bits per heavy atom. The third-order valence-corrected chi connectivity index (χ3v) is 17.5. The van der Waals surface area contributed by atoms with Crippen LogP contribution in [0.25, 0.3) is 0 Å². The van der Waals surface area contributed by atoms with Crippen molar-refractivity contribution >= 4 is 48.0 Å². The van der Waals surface area contributed by atoms with E-state index in [0.717, 1.165) is 151 Å². The second kappa shape index (κ2) is 48.5. The summed E-state index contributed by atoms with van der Waals surface area (Å²) in [5, 5.41) is 0. The Hall–Kier alpha value is -9.20. The van der Waals surface area contributed by atoms with Crippen molar-refractivity contribution in [1.29, 1.82) is 0 Å². The van der Waals surface area contributed by atoms with Gasteiger partial charge < -0.3 is 28.4 Å². The molecular weight excluding hydrogens is 1260 g/mol. The summed E-state index contributed by atoms with van der Waals surface area (Å²) in [7, 11) is 0. The summed E-state index contributed by atoms with van der Waals surface area (Å²) in [6, 6.07) is 38.5. The van der Waals surface area contributed by atoms with E-state index < -0.39 is 24.4 Å². The molecule has 6 aliphatic heterocycles. The van der Waals surface area contributed by atoms with Crippen molar-refractivity contribution in [3.05, 3.63) is 144 Å². The molecule has 18 nitrogen and oxygen atoms in total. The Labute approximate surface area is 594 Å². The molecule has 0 spiro atoms. The lowest BCUT2D eigenvalue weighted by atomic mass is 10.00. The number of cyclic esters (lactones) is 4. The molecule has 10 rings (SSSR count). The number of carbonyl (C=O) groups is 8. The highest BCUT2D eigenvalue weighted by Gasteiger charge is 2.42. The zero-order chi connectivity index (χ0) is 72.0. The molecule has 100 heavy (non-hydrogen) atoms. The van der Waals surface area contributed by atoms with Crippen LogP contribution in [-0.2, 0) is 73.3 Å². The molecular formula is C82H104N4O14. The second-order valence-corrected chi connectivity index (χ2v) is 25.5. The van der Waals surface area contributed by atoms with E-state index in [1.165, 1.54) is 45.3 Å². The summed E-state index contributed by atoms with van der Waals surface area (Å²) in [5.41, 5.74) is 4.38. The minimum atomic E-state index is -0.522. The van der Waals surface area contributed by atoms with Crippen molar-refractivity contribution < 1.29 is 66.8 Å². The Bertz CT molecular complexity index is 3030. The summed E-state index contributed by atoms with van der Waals surface area (Å²) in [5.74, 6) is 9.38. The molecule has 4 aromatic carbocycles. The van der Waals surface area contributed by atoms with Crippen LogP contribution in [0.3, 0.4) is 0 Å². The van der Waals surface area contributed by atoms with Crippen LogP contribution in [-0.4, -0.2) is 145 Å². The lowest BCUT2D eigenvalue weighted by Crippen LogP contribution is -2.43. The van der Waals surface area contributed by atoms with Gasteiger partial charge in [0.15, 0.2) is 0 Å². The molecule has 6 aliphatic rings. The summed E-state index contributed by atoms with van der Waals surface area (Å²) >= 11 is 0. The lowest BCUT2D eigenvalue weighted by Gasteiger charge is -2.23. The highest BCUT2D eigenvalue weighted by molar-refractivity contribution is 5.96. The van der Waals surface area contributed by atoms with E-state index in [0.29, 0.717) is 38.5 Å². The average Bonchev–Trinajstić information content (AvgIpc) is 1.68. The third kappa shape index (κ3) is 30.1. The topological polar surface area (TPSA) is 205 Å². The van der Waals surface area contributed by atoms with Crippen LogP contribution in [0.5, 0.6) is 0 Å². The zero-order valence-corrected chi connectivity index (χ0v) is 58.9. The number of carbonyl (C=O) groups excluding carboxylic acids is 8. The van der Waals surface area contributed by atoms with Gasteiger partial charge in [-0.05, 0) is 125 Å². The minimum Gasteiger partial charge on any atom is -0.447 e. The first-order valence-electron chi connectivity index (χ1n) is 35.7. The number of hydrogen-bond donors (Lipinski definition) is 0. The zero-order valence-electron chi connectivity index (χ0n) is 58.9. The van der Waals surface area contributed by atoms with Gasteiger partial charge in [-0.2, -0.15) is 0 Å². The van der Waals surface area contributed by atoms with Gasteiger partial charge in [-0.1, -0.05) is 161 Å². The Kier molecular flexibility index (Phi) is 39.5. The molecule has 0 saturated carbocycles. The molecule has 0 bridgehead atoms. The van der Waals surface area contributed by atoms with E-state index >= 15 is 0 Å². The Balaban J connectivity index is 0.000000229. The number of benzene rings is 4. The van der Waals surface area contributed by atoms with Crippen LogP contribution in [0, 0.1) is 61.2 Å². The fourth-order valence-corrected chi connectivity index (χ4v) is 11.8. The molecule has 0 aromatic heterocycles. The molecule has 0 unspecified atom stereocenters. The predicted octanol–water partition coefficient (Wildman–Crippen LogP) is 14.7. The number of terminal acetylenes is 4. The fraction of sp³-hybridized carbons (Fsp3) is 0.512. The highest BCUT2D eigenvalue weighted by atomic mass is 16.6. The molecule has 536 valence electrons. The summed E-state index contributed by atoms with van der Waals surface area (Å²) in [4.78, 5) is 102. The molecule has 6 saturated heterocycles. The maximum absolute atomic E-state index is 12.6. The molecule has 4 aromatic rings. The molecule has 6 atom stereocenters. The van der Waals surface area contributed by atoms with Gasteiger partial charge in [0, 0.05) is 76.8 Å². The van der Waals surface area contributed by atoms with Gasteiger partial charge in [-0.3, -0.25) is 19.2 Å². The number of rotatable bonds is 28. The molecule has 6 fully saturated rings. The van der Waals surface area contributed by atoms with Crippen molar-refractivity contribution in [1.82, 2.24) is 19.6 Å². The van der Waals surface area contributed by atoms with E-state index in [4.69, 9.17) is 54.1 Å². The van der Waals surface area contributed by atoms with Crippen molar-refractivity contribution in [2.45, 2.75) is 205 Å². The maximum Gasteiger partial charge on any atom is 0.416 e. The number of ether oxygens (including phenoxy) is 6. The molecule has 0 N–H and O–H groups in total. The van der Waals surface area contributed by atoms with E-state index in [1.54, 1.807) is 0 Å². The smallest absolute Gasteiger partial charge is 0.416 e. The number of unbranched alkanes of at least 4 members (excludes halogenated alkanes) is 10. The van der Waals surface area contributed by atoms with Crippen LogP contribution in [0.4, 0.5) is 19.2 Å². The van der Waals surface area contributed by atoms with Crippen LogP contribution in [0.2, 0.25) is 0 Å². The van der Waals surface area contributed by atoms with Crippen molar-refractivity contribution in [2.75, 3.05) is 52.9 Å². The number of amides is 8. The van der Waals surface area contributed by atoms with Gasteiger partial charge in [0.05, 0.1) is 24.2 Å². The van der Waals surface area contributed by atoms with Crippen LogP contribution in [0.15, 0.2) is 121 Å². The molecule has 8 amide bonds. The normalized spacial score (nSPS) is 18.4. The Morgan fingerprint density at radius 3 is 0.870 bits per heavy atom. The summed E-state index contributed by atoms with van der Waals surface area (Å²) in [6.07, 6.45) is 40.3. The third-order valence-electron chi connectivity index (χ3n) is 17.5. The van der Waals surface area contributed by atoms with Gasteiger partial charge in [0.1, 0.15) is 26.4 Å². The first-order chi connectivity index (χ1) is 48.7. The average molecular weight is 1370 g/mol. The second-order valence-electron chi connectivity index (χ2n) is 25.5. The molecule has 6 heterocycles.